The van der Waals surface area contributed by atoms with Crippen LogP contribution in [0.1, 0.15) is 15.9 Å². The Morgan fingerprint density at radius 2 is 1.89 bits per heavy atom. The summed E-state index contributed by atoms with van der Waals surface area (Å²) >= 11 is 6.12. The van der Waals surface area contributed by atoms with Crippen molar-refractivity contribution in [3.8, 4) is 11.3 Å². The number of nitrogens with one attached hydrogen (secondary N) is 1. The molecule has 2 aromatic heterocycles. The average molecular weight is 374 g/mol. The van der Waals surface area contributed by atoms with Crippen molar-refractivity contribution in [3.05, 3.63) is 95.3 Å². The highest BCUT2D eigenvalue weighted by atomic mass is 35.5. The number of amides is 1. The first-order valence-electron chi connectivity index (χ1n) is 8.53. The first kappa shape index (κ1) is 17.2. The molecule has 1 amide bonds. The monoisotopic (exact) mass is 373 g/mol. The van der Waals surface area contributed by atoms with E-state index in [2.05, 4.69) is 10.3 Å². The lowest BCUT2D eigenvalue weighted by Gasteiger charge is -2.11. The molecular weight excluding hydrogens is 358 g/mol. The molecule has 2 heterocycles. The Labute approximate surface area is 161 Å². The zero-order chi connectivity index (χ0) is 18.6. The summed E-state index contributed by atoms with van der Waals surface area (Å²) in [5.74, 6) is -0.152. The topological polar surface area (TPSA) is 54.9 Å². The van der Waals surface area contributed by atoms with Crippen molar-refractivity contribution >= 4 is 28.4 Å². The number of para-hydroxylation sites is 1. The maximum atomic E-state index is 12.9. The van der Waals surface area contributed by atoms with Crippen molar-refractivity contribution < 1.29 is 4.79 Å². The molecule has 0 aliphatic carbocycles. The smallest absolute Gasteiger partial charge is 0.252 e. The largest absolute Gasteiger partial charge is 0.348 e. The molecule has 0 aliphatic heterocycles. The quantitative estimate of drug-likeness (QED) is 0.554. The molecule has 4 aromatic rings. The van der Waals surface area contributed by atoms with Crippen molar-refractivity contribution in [1.29, 1.82) is 0 Å². The Morgan fingerprint density at radius 3 is 2.70 bits per heavy atom. The van der Waals surface area contributed by atoms with Crippen LogP contribution in [-0.4, -0.2) is 15.9 Å². The number of carbonyl (C=O) groups is 1. The fourth-order valence-corrected chi connectivity index (χ4v) is 3.13. The molecule has 0 aliphatic rings. The molecule has 0 spiro atoms. The van der Waals surface area contributed by atoms with Gasteiger partial charge < -0.3 is 5.32 Å². The maximum Gasteiger partial charge on any atom is 0.252 e. The normalized spacial score (nSPS) is 10.7. The number of halogens is 1. The first-order valence-corrected chi connectivity index (χ1v) is 8.91. The predicted molar refractivity (Wildman–Crippen MR) is 108 cm³/mol. The van der Waals surface area contributed by atoms with Crippen molar-refractivity contribution in [1.82, 2.24) is 15.3 Å². The predicted octanol–water partition coefficient (Wildman–Crippen LogP) is 4.88. The summed E-state index contributed by atoms with van der Waals surface area (Å²) in [6.45, 7) is 0.413. The lowest BCUT2D eigenvalue weighted by Crippen LogP contribution is -2.23. The van der Waals surface area contributed by atoms with E-state index in [9.17, 15) is 4.79 Å². The number of nitrogens with zero attached hydrogens (tertiary/aromatic N) is 2. The summed E-state index contributed by atoms with van der Waals surface area (Å²) in [4.78, 5) is 21.7. The second kappa shape index (κ2) is 7.56. The fraction of sp³-hybridized carbons (Fsp3) is 0.0455. The van der Waals surface area contributed by atoms with E-state index in [-0.39, 0.29) is 5.91 Å². The highest BCUT2D eigenvalue weighted by molar-refractivity contribution is 6.30. The van der Waals surface area contributed by atoms with Gasteiger partial charge in [-0.3, -0.25) is 9.78 Å². The van der Waals surface area contributed by atoms with Crippen LogP contribution in [0.4, 0.5) is 0 Å². The lowest BCUT2D eigenvalue weighted by molar-refractivity contribution is 0.0952. The second-order valence-electron chi connectivity index (χ2n) is 6.13. The van der Waals surface area contributed by atoms with Crippen LogP contribution in [0.25, 0.3) is 22.2 Å². The van der Waals surface area contributed by atoms with Crippen LogP contribution in [0.3, 0.4) is 0 Å². The van der Waals surface area contributed by atoms with E-state index in [4.69, 9.17) is 16.6 Å². The summed E-state index contributed by atoms with van der Waals surface area (Å²) < 4.78 is 0. The van der Waals surface area contributed by atoms with E-state index in [0.717, 1.165) is 22.0 Å². The van der Waals surface area contributed by atoms with Gasteiger partial charge in [-0.1, -0.05) is 48.0 Å². The number of rotatable bonds is 4. The number of hydrogen-bond donors (Lipinski definition) is 1. The number of fused-ring (bicyclic) bond motifs is 1. The summed E-state index contributed by atoms with van der Waals surface area (Å²) in [5.41, 5.74) is 3.87. The van der Waals surface area contributed by atoms with Gasteiger partial charge >= 0.3 is 0 Å². The molecule has 0 saturated carbocycles. The van der Waals surface area contributed by atoms with E-state index in [1.165, 1.54) is 0 Å². The van der Waals surface area contributed by atoms with Gasteiger partial charge in [0.2, 0.25) is 0 Å². The van der Waals surface area contributed by atoms with Gasteiger partial charge in [0.1, 0.15) is 0 Å². The fourth-order valence-electron chi connectivity index (χ4n) is 2.94. The second-order valence-corrected chi connectivity index (χ2v) is 6.56. The van der Waals surface area contributed by atoms with E-state index in [1.807, 2.05) is 66.7 Å². The van der Waals surface area contributed by atoms with Crippen LogP contribution in [0.2, 0.25) is 5.02 Å². The van der Waals surface area contributed by atoms with Crippen molar-refractivity contribution in [2.75, 3.05) is 0 Å². The van der Waals surface area contributed by atoms with Gasteiger partial charge in [0.15, 0.2) is 0 Å². The standard InChI is InChI=1S/C22H16ClN3O/c23-17-7-3-6-16(11-17)21-12-19(18-8-1-2-9-20(18)26-21)22(27)25-14-15-5-4-10-24-13-15/h1-13H,14H2,(H,25,27). The molecular formula is C22H16ClN3O. The van der Waals surface area contributed by atoms with Crippen molar-refractivity contribution in [2.45, 2.75) is 6.54 Å². The average Bonchev–Trinajstić information content (AvgIpc) is 2.72. The molecule has 0 unspecified atom stereocenters. The molecule has 4 rings (SSSR count). The van der Waals surface area contributed by atoms with Gasteiger partial charge in [0.25, 0.3) is 5.91 Å². The first-order chi connectivity index (χ1) is 13.2. The number of aromatic nitrogens is 2. The molecule has 0 radical (unpaired) electrons. The number of carbonyl (C=O) groups excluding carboxylic acids is 1. The molecule has 5 heteroatoms. The van der Waals surface area contributed by atoms with Crippen LogP contribution in [-0.2, 0) is 6.54 Å². The summed E-state index contributed by atoms with van der Waals surface area (Å²) in [5, 5.41) is 4.41. The Bertz CT molecular complexity index is 1110. The highest BCUT2D eigenvalue weighted by Gasteiger charge is 2.14. The van der Waals surface area contributed by atoms with E-state index in [1.54, 1.807) is 12.4 Å². The van der Waals surface area contributed by atoms with Gasteiger partial charge in [0.05, 0.1) is 16.8 Å². The zero-order valence-electron chi connectivity index (χ0n) is 14.4. The summed E-state index contributed by atoms with van der Waals surface area (Å²) in [7, 11) is 0. The van der Waals surface area contributed by atoms with Crippen LogP contribution in [0, 0.1) is 0 Å². The van der Waals surface area contributed by atoms with E-state index < -0.39 is 0 Å². The van der Waals surface area contributed by atoms with Crippen LogP contribution in [0.5, 0.6) is 0 Å². The molecule has 0 fully saturated rings. The zero-order valence-corrected chi connectivity index (χ0v) is 15.1. The molecule has 132 valence electrons. The molecule has 0 saturated heterocycles. The maximum absolute atomic E-state index is 12.9. The molecule has 27 heavy (non-hydrogen) atoms. The van der Waals surface area contributed by atoms with Crippen LogP contribution in [0.15, 0.2) is 79.1 Å². The van der Waals surface area contributed by atoms with Gasteiger partial charge in [-0.05, 0) is 35.9 Å². The van der Waals surface area contributed by atoms with Crippen LogP contribution < -0.4 is 5.32 Å². The van der Waals surface area contributed by atoms with Crippen molar-refractivity contribution in [3.63, 3.8) is 0 Å². The summed E-state index contributed by atoms with van der Waals surface area (Å²) in [6, 6.07) is 20.7. The molecule has 0 atom stereocenters. The minimum atomic E-state index is -0.152. The van der Waals surface area contributed by atoms with Crippen molar-refractivity contribution in [2.24, 2.45) is 0 Å². The minimum absolute atomic E-state index is 0.152. The number of benzene rings is 2. The van der Waals surface area contributed by atoms with Gasteiger partial charge in [0, 0.05) is 34.9 Å². The Morgan fingerprint density at radius 1 is 1.00 bits per heavy atom. The lowest BCUT2D eigenvalue weighted by atomic mass is 10.0. The van der Waals surface area contributed by atoms with E-state index >= 15 is 0 Å². The van der Waals surface area contributed by atoms with Gasteiger partial charge in [-0.15, -0.1) is 0 Å². The van der Waals surface area contributed by atoms with Crippen LogP contribution >= 0.6 is 11.6 Å². The number of hydrogen-bond acceptors (Lipinski definition) is 3. The third kappa shape index (κ3) is 3.81. The highest BCUT2D eigenvalue weighted by Crippen LogP contribution is 2.26. The molecule has 2 aromatic carbocycles. The third-order valence-corrected chi connectivity index (χ3v) is 4.49. The third-order valence-electron chi connectivity index (χ3n) is 4.26. The molecule has 4 nitrogen and oxygen atoms in total. The van der Waals surface area contributed by atoms with E-state index in [0.29, 0.717) is 22.8 Å². The Hall–Kier alpha value is -3.24. The SMILES string of the molecule is O=C(NCc1cccnc1)c1cc(-c2cccc(Cl)c2)nc2ccccc12. The molecule has 1 N–H and O–H groups in total. The minimum Gasteiger partial charge on any atom is -0.348 e. The van der Waals surface area contributed by atoms with Gasteiger partial charge in [-0.2, -0.15) is 0 Å². The Kier molecular flexibility index (Phi) is 4.81. The summed E-state index contributed by atoms with van der Waals surface area (Å²) in [6.07, 6.45) is 3.45. The number of pyridine rings is 2. The van der Waals surface area contributed by atoms with Gasteiger partial charge in [-0.25, -0.2) is 4.98 Å². The molecule has 0 bridgehead atoms. The Balaban J connectivity index is 1.73.